The van der Waals surface area contributed by atoms with Crippen molar-refractivity contribution in [2.75, 3.05) is 19.1 Å². The molecule has 0 amide bonds. The van der Waals surface area contributed by atoms with Gasteiger partial charge in [0.2, 0.25) is 0 Å². The van der Waals surface area contributed by atoms with Crippen LogP contribution in [0.3, 0.4) is 0 Å². The van der Waals surface area contributed by atoms with Gasteiger partial charge in [-0.15, -0.1) is 0 Å². The third kappa shape index (κ3) is 5.47. The Bertz CT molecular complexity index is 1590. The molecule has 0 heterocycles. The summed E-state index contributed by atoms with van der Waals surface area (Å²) in [5.41, 5.74) is 4.14. The first-order chi connectivity index (χ1) is 18.5. The minimum absolute atomic E-state index is 0.210. The molecule has 190 valence electrons. The number of allylic oxidation sites excluding steroid dienone is 1. The second-order valence-corrected chi connectivity index (χ2v) is 9.85. The number of fused-ring (bicyclic) bond motifs is 2. The van der Waals surface area contributed by atoms with Crippen molar-refractivity contribution in [2.24, 2.45) is 0 Å². The van der Waals surface area contributed by atoms with Crippen molar-refractivity contribution in [1.82, 2.24) is 0 Å². The van der Waals surface area contributed by atoms with Gasteiger partial charge in [0, 0.05) is 24.7 Å². The van der Waals surface area contributed by atoms with Crippen LogP contribution in [-0.2, 0) is 4.74 Å². The van der Waals surface area contributed by atoms with Gasteiger partial charge in [0.25, 0.3) is 0 Å². The van der Waals surface area contributed by atoms with Crippen molar-refractivity contribution in [3.8, 4) is 0 Å². The van der Waals surface area contributed by atoms with Gasteiger partial charge in [-0.25, -0.2) is 4.79 Å². The number of nitrogens with zero attached hydrogens (tertiary/aromatic N) is 1. The lowest BCUT2D eigenvalue weighted by Gasteiger charge is -2.34. The fourth-order valence-electron chi connectivity index (χ4n) is 5.16. The van der Waals surface area contributed by atoms with Crippen molar-refractivity contribution in [1.29, 1.82) is 0 Å². The minimum Gasteiger partial charge on any atom is -0.465 e. The van der Waals surface area contributed by atoms with Gasteiger partial charge < -0.3 is 9.64 Å². The summed E-state index contributed by atoms with van der Waals surface area (Å²) in [6, 6.07) is 38.2. The van der Waals surface area contributed by atoms with Crippen molar-refractivity contribution < 1.29 is 9.53 Å². The molecule has 0 radical (unpaired) electrons. The Labute approximate surface area is 225 Å². The van der Waals surface area contributed by atoms with E-state index in [0.29, 0.717) is 5.56 Å². The van der Waals surface area contributed by atoms with E-state index in [4.69, 9.17) is 4.74 Å². The minimum atomic E-state index is -0.314. The quantitative estimate of drug-likeness (QED) is 0.200. The molecular weight excluding hydrogens is 466 g/mol. The highest BCUT2D eigenvalue weighted by molar-refractivity contribution is 5.89. The Balaban J connectivity index is 1.43. The van der Waals surface area contributed by atoms with Gasteiger partial charge in [-0.1, -0.05) is 91.0 Å². The lowest BCUT2D eigenvalue weighted by molar-refractivity contribution is 0.0600. The van der Waals surface area contributed by atoms with E-state index in [1.54, 1.807) is 0 Å². The topological polar surface area (TPSA) is 29.5 Å². The van der Waals surface area contributed by atoms with E-state index in [9.17, 15) is 4.79 Å². The molecule has 0 aliphatic rings. The summed E-state index contributed by atoms with van der Waals surface area (Å²) in [6.45, 7) is 2.28. The number of esters is 1. The van der Waals surface area contributed by atoms with E-state index in [1.165, 1.54) is 45.5 Å². The lowest BCUT2D eigenvalue weighted by Crippen LogP contribution is -2.34. The monoisotopic (exact) mass is 499 g/mol. The number of carbonyl (C=O) groups excluding carboxylic acids is 1. The van der Waals surface area contributed by atoms with Crippen LogP contribution in [0.15, 0.2) is 115 Å². The standard InChI is InChI=1S/C35H33NO2/c1-25(36(2)33-22-21-28-11-5-7-13-32(28)24-33)34(29-17-19-30(20-18-29)35(37)38-3)14-8-9-26-15-16-27-10-4-6-12-31(27)23-26/h4-13,15-25,34H,14H2,1-3H3/b9-8+. The van der Waals surface area contributed by atoms with Crippen molar-refractivity contribution >= 4 is 39.3 Å². The molecule has 0 aliphatic heterocycles. The fraction of sp³-hybridized carbons (Fsp3) is 0.171. The maximum Gasteiger partial charge on any atom is 0.337 e. The van der Waals surface area contributed by atoms with Crippen LogP contribution in [0, 0.1) is 0 Å². The number of hydrogen-bond donors (Lipinski definition) is 0. The molecular formula is C35H33NO2. The van der Waals surface area contributed by atoms with E-state index in [1.807, 2.05) is 12.1 Å². The maximum absolute atomic E-state index is 12.0. The zero-order chi connectivity index (χ0) is 26.5. The molecule has 5 aromatic rings. The number of benzene rings is 5. The molecule has 38 heavy (non-hydrogen) atoms. The Kier molecular flexibility index (Phi) is 7.55. The normalized spacial score (nSPS) is 13.0. The van der Waals surface area contributed by atoms with Gasteiger partial charge in [-0.3, -0.25) is 0 Å². The second kappa shape index (κ2) is 11.4. The Hall–Kier alpha value is -4.37. The van der Waals surface area contributed by atoms with Crippen LogP contribution in [0.2, 0.25) is 0 Å². The Morgan fingerprint density at radius 2 is 1.39 bits per heavy atom. The molecule has 0 bridgehead atoms. The summed E-state index contributed by atoms with van der Waals surface area (Å²) in [5, 5.41) is 4.97. The molecule has 5 rings (SSSR count). The summed E-state index contributed by atoms with van der Waals surface area (Å²) < 4.78 is 4.90. The van der Waals surface area contributed by atoms with E-state index >= 15 is 0 Å². The van der Waals surface area contributed by atoms with Crippen LogP contribution in [0.1, 0.15) is 40.7 Å². The van der Waals surface area contributed by atoms with Crippen LogP contribution < -0.4 is 4.90 Å². The third-order valence-electron chi connectivity index (χ3n) is 7.57. The molecule has 5 aromatic carbocycles. The SMILES string of the molecule is COC(=O)c1ccc(C(C/C=C/c2ccc3ccccc3c2)C(C)N(C)c2ccc3ccccc3c2)cc1. The molecule has 0 aliphatic carbocycles. The van der Waals surface area contributed by atoms with Crippen LogP contribution in [0.5, 0.6) is 0 Å². The van der Waals surface area contributed by atoms with Crippen LogP contribution in [0.4, 0.5) is 5.69 Å². The Morgan fingerprint density at radius 1 is 0.789 bits per heavy atom. The molecule has 0 fully saturated rings. The molecule has 3 heteroatoms. The molecule has 3 nitrogen and oxygen atoms in total. The predicted molar refractivity (Wildman–Crippen MR) is 160 cm³/mol. The summed E-state index contributed by atoms with van der Waals surface area (Å²) in [6.07, 6.45) is 5.35. The molecule has 0 spiro atoms. The molecule has 0 aromatic heterocycles. The van der Waals surface area contributed by atoms with Gasteiger partial charge in [-0.05, 0) is 76.3 Å². The van der Waals surface area contributed by atoms with E-state index < -0.39 is 0 Å². The highest BCUT2D eigenvalue weighted by atomic mass is 16.5. The summed E-state index contributed by atoms with van der Waals surface area (Å²) in [4.78, 5) is 14.4. The molecule has 0 saturated heterocycles. The molecule has 2 unspecified atom stereocenters. The Morgan fingerprint density at radius 3 is 2.05 bits per heavy atom. The van der Waals surface area contributed by atoms with Gasteiger partial charge in [0.05, 0.1) is 12.7 Å². The average Bonchev–Trinajstić information content (AvgIpc) is 2.98. The number of rotatable bonds is 8. The zero-order valence-corrected chi connectivity index (χ0v) is 22.2. The zero-order valence-electron chi connectivity index (χ0n) is 22.2. The number of carbonyl (C=O) groups is 1. The molecule has 0 saturated carbocycles. The average molecular weight is 500 g/mol. The highest BCUT2D eigenvalue weighted by Crippen LogP contribution is 2.32. The van der Waals surface area contributed by atoms with Gasteiger partial charge in [0.15, 0.2) is 0 Å². The van der Waals surface area contributed by atoms with Gasteiger partial charge >= 0.3 is 5.97 Å². The summed E-state index contributed by atoms with van der Waals surface area (Å²) >= 11 is 0. The van der Waals surface area contributed by atoms with E-state index in [-0.39, 0.29) is 17.9 Å². The lowest BCUT2D eigenvalue weighted by atomic mass is 9.87. The second-order valence-electron chi connectivity index (χ2n) is 9.85. The molecule has 0 N–H and O–H groups in total. The van der Waals surface area contributed by atoms with E-state index in [0.717, 1.165) is 6.42 Å². The maximum atomic E-state index is 12.0. The summed E-state index contributed by atoms with van der Waals surface area (Å²) in [5.74, 6) is -0.0968. The first-order valence-electron chi connectivity index (χ1n) is 13.1. The first kappa shape index (κ1) is 25.3. The van der Waals surface area contributed by atoms with Crippen molar-refractivity contribution in [3.05, 3.63) is 132 Å². The van der Waals surface area contributed by atoms with Crippen LogP contribution in [0.25, 0.3) is 27.6 Å². The number of anilines is 1. The predicted octanol–water partition coefficient (Wildman–Crippen LogP) is 8.49. The smallest absolute Gasteiger partial charge is 0.337 e. The fourth-order valence-corrected chi connectivity index (χ4v) is 5.16. The number of ether oxygens (including phenoxy) is 1. The number of hydrogen-bond acceptors (Lipinski definition) is 3. The number of likely N-dealkylation sites (N-methyl/N-ethyl adjacent to an activating group) is 1. The van der Waals surface area contributed by atoms with Gasteiger partial charge in [-0.2, -0.15) is 0 Å². The van der Waals surface area contributed by atoms with Gasteiger partial charge in [0.1, 0.15) is 0 Å². The summed E-state index contributed by atoms with van der Waals surface area (Å²) in [7, 11) is 3.58. The number of methoxy groups -OCH3 is 1. The van der Waals surface area contributed by atoms with Crippen LogP contribution in [-0.4, -0.2) is 26.2 Å². The van der Waals surface area contributed by atoms with Crippen molar-refractivity contribution in [2.45, 2.75) is 25.3 Å². The first-order valence-corrected chi connectivity index (χ1v) is 13.1. The van der Waals surface area contributed by atoms with Crippen molar-refractivity contribution in [3.63, 3.8) is 0 Å². The third-order valence-corrected chi connectivity index (χ3v) is 7.57. The largest absolute Gasteiger partial charge is 0.465 e. The highest BCUT2D eigenvalue weighted by Gasteiger charge is 2.23. The molecule has 2 atom stereocenters. The van der Waals surface area contributed by atoms with E-state index in [2.05, 4.69) is 128 Å². The van der Waals surface area contributed by atoms with Crippen LogP contribution >= 0.6 is 0 Å².